The van der Waals surface area contributed by atoms with Crippen molar-refractivity contribution in [2.45, 2.75) is 32.6 Å². The van der Waals surface area contributed by atoms with E-state index >= 15 is 0 Å². The lowest BCUT2D eigenvalue weighted by atomic mass is 9.79. The lowest BCUT2D eigenvalue weighted by Gasteiger charge is -2.25. The average Bonchev–Trinajstić information content (AvgIpc) is 2.75. The van der Waals surface area contributed by atoms with Crippen LogP contribution in [0.5, 0.6) is 5.75 Å². The van der Waals surface area contributed by atoms with Gasteiger partial charge < -0.3 is 10.2 Å². The molecule has 0 saturated carbocycles. The minimum Gasteiger partial charge on any atom is -0.504 e. The first-order chi connectivity index (χ1) is 14.0. The molecule has 5 heteroatoms. The second-order valence-corrected chi connectivity index (χ2v) is 7.22. The topological polar surface area (TPSA) is 83.3 Å². The lowest BCUT2D eigenvalue weighted by molar-refractivity contribution is 0.0686. The van der Waals surface area contributed by atoms with Crippen molar-refractivity contribution in [1.29, 1.82) is 0 Å². The van der Waals surface area contributed by atoms with Crippen LogP contribution in [0.1, 0.15) is 38.6 Å². The molecule has 5 rings (SSSR count). The SMILES string of the molecule is C1=CCc2c(ccc3c2CCc2ccccc2-3)C1.Cc1ncc(O)c(C(=O)O)n1. The maximum atomic E-state index is 10.3. The Kier molecular flexibility index (Phi) is 5.12. The van der Waals surface area contributed by atoms with Gasteiger partial charge in [-0.2, -0.15) is 0 Å². The Labute approximate surface area is 169 Å². The van der Waals surface area contributed by atoms with E-state index in [2.05, 4.69) is 58.5 Å². The van der Waals surface area contributed by atoms with Gasteiger partial charge in [0.05, 0.1) is 6.20 Å². The van der Waals surface area contributed by atoms with E-state index in [9.17, 15) is 4.79 Å². The molecule has 0 fully saturated rings. The number of hydrogen-bond acceptors (Lipinski definition) is 4. The number of benzene rings is 2. The number of rotatable bonds is 1. The van der Waals surface area contributed by atoms with Gasteiger partial charge in [-0.1, -0.05) is 48.6 Å². The lowest BCUT2D eigenvalue weighted by Crippen LogP contribution is -2.10. The fourth-order valence-corrected chi connectivity index (χ4v) is 4.02. The number of allylic oxidation sites excluding steroid dienone is 2. The summed E-state index contributed by atoms with van der Waals surface area (Å²) in [7, 11) is 0. The number of carboxylic acids is 1. The number of carbonyl (C=O) groups is 1. The molecule has 0 saturated heterocycles. The molecule has 29 heavy (non-hydrogen) atoms. The van der Waals surface area contributed by atoms with Crippen molar-refractivity contribution >= 4 is 5.97 Å². The van der Waals surface area contributed by atoms with Crippen LogP contribution in [-0.4, -0.2) is 26.2 Å². The fraction of sp³-hybridized carbons (Fsp3) is 0.208. The average molecular weight is 386 g/mol. The van der Waals surface area contributed by atoms with E-state index in [4.69, 9.17) is 10.2 Å². The molecule has 0 aliphatic heterocycles. The van der Waals surface area contributed by atoms with Crippen LogP contribution >= 0.6 is 0 Å². The number of aromatic carboxylic acids is 1. The number of nitrogens with zero attached hydrogens (tertiary/aromatic N) is 2. The van der Waals surface area contributed by atoms with Crippen molar-refractivity contribution in [3.8, 4) is 16.9 Å². The Bertz CT molecular complexity index is 1120. The Morgan fingerprint density at radius 3 is 2.52 bits per heavy atom. The molecule has 0 unspecified atom stereocenters. The number of aromatic nitrogens is 2. The maximum absolute atomic E-state index is 10.3. The van der Waals surface area contributed by atoms with Gasteiger partial charge in [0.25, 0.3) is 0 Å². The molecule has 3 aromatic rings. The monoisotopic (exact) mass is 386 g/mol. The highest BCUT2D eigenvalue weighted by Gasteiger charge is 2.20. The van der Waals surface area contributed by atoms with Crippen molar-refractivity contribution < 1.29 is 15.0 Å². The molecule has 0 bridgehead atoms. The van der Waals surface area contributed by atoms with Crippen LogP contribution < -0.4 is 0 Å². The second-order valence-electron chi connectivity index (χ2n) is 7.22. The summed E-state index contributed by atoms with van der Waals surface area (Å²) in [6, 6.07) is 13.5. The normalized spacial score (nSPS) is 13.4. The molecule has 0 amide bonds. The molecule has 146 valence electrons. The van der Waals surface area contributed by atoms with Crippen molar-refractivity contribution in [2.75, 3.05) is 0 Å². The number of hydrogen-bond donors (Lipinski definition) is 2. The molecule has 5 nitrogen and oxygen atoms in total. The van der Waals surface area contributed by atoms with Crippen LogP contribution in [0.25, 0.3) is 11.1 Å². The van der Waals surface area contributed by atoms with Gasteiger partial charge in [-0.3, -0.25) is 0 Å². The Morgan fingerprint density at radius 2 is 1.72 bits per heavy atom. The zero-order chi connectivity index (χ0) is 20.4. The first kappa shape index (κ1) is 18.9. The van der Waals surface area contributed by atoms with Crippen molar-refractivity contribution in [3.05, 3.63) is 88.5 Å². The van der Waals surface area contributed by atoms with Crippen LogP contribution in [0.2, 0.25) is 0 Å². The van der Waals surface area contributed by atoms with Crippen LogP contribution in [0, 0.1) is 6.92 Å². The summed E-state index contributed by atoms with van der Waals surface area (Å²) in [5, 5.41) is 17.3. The van der Waals surface area contributed by atoms with E-state index in [-0.39, 0.29) is 5.69 Å². The zero-order valence-corrected chi connectivity index (χ0v) is 16.2. The van der Waals surface area contributed by atoms with E-state index < -0.39 is 11.7 Å². The van der Waals surface area contributed by atoms with Crippen molar-refractivity contribution in [2.24, 2.45) is 0 Å². The second kappa shape index (κ2) is 7.87. The summed E-state index contributed by atoms with van der Waals surface area (Å²) in [4.78, 5) is 17.4. The molecular formula is C24H22N2O3. The third kappa shape index (κ3) is 3.76. The standard InChI is InChI=1S/C18H16.C6H6N2O3/c1-3-7-15-13(5-1)9-11-18-16-8-4-2-6-14(16)10-12-17(15)18;1-3-7-2-4(9)5(8-3)6(10)11/h1-5,7,10,12H,6,8-9,11H2;2,9H,1H3,(H,10,11). The van der Waals surface area contributed by atoms with Crippen LogP contribution in [0.4, 0.5) is 0 Å². The van der Waals surface area contributed by atoms with Crippen molar-refractivity contribution in [1.82, 2.24) is 9.97 Å². The summed E-state index contributed by atoms with van der Waals surface area (Å²) in [5.74, 6) is -1.35. The molecule has 0 radical (unpaired) electrons. The molecule has 2 N–H and O–H groups in total. The highest BCUT2D eigenvalue weighted by molar-refractivity contribution is 5.88. The van der Waals surface area contributed by atoms with Gasteiger partial charge in [-0.05, 0) is 66.0 Å². The van der Waals surface area contributed by atoms with E-state index in [1.165, 1.54) is 35.1 Å². The highest BCUT2D eigenvalue weighted by atomic mass is 16.4. The van der Waals surface area contributed by atoms with Gasteiger partial charge >= 0.3 is 5.97 Å². The van der Waals surface area contributed by atoms with E-state index in [0.29, 0.717) is 5.82 Å². The molecule has 2 aliphatic rings. The molecule has 2 aliphatic carbocycles. The number of aromatic hydroxyl groups is 1. The van der Waals surface area contributed by atoms with Crippen molar-refractivity contribution in [3.63, 3.8) is 0 Å². The fourth-order valence-electron chi connectivity index (χ4n) is 4.02. The van der Waals surface area contributed by atoms with Crippen LogP contribution in [0.3, 0.4) is 0 Å². The molecule has 1 heterocycles. The number of carboxylic acid groups (broad SMARTS) is 1. The molecular weight excluding hydrogens is 364 g/mol. The third-order valence-electron chi connectivity index (χ3n) is 5.40. The molecule has 0 spiro atoms. The summed E-state index contributed by atoms with van der Waals surface area (Å²) in [6.07, 6.45) is 10.3. The predicted molar refractivity (Wildman–Crippen MR) is 111 cm³/mol. The minimum absolute atomic E-state index is 0.320. The largest absolute Gasteiger partial charge is 0.504 e. The molecule has 1 aromatic heterocycles. The van der Waals surface area contributed by atoms with E-state index in [0.717, 1.165) is 19.0 Å². The van der Waals surface area contributed by atoms with Crippen LogP contribution in [0.15, 0.2) is 54.7 Å². The Hall–Kier alpha value is -3.47. The van der Waals surface area contributed by atoms with E-state index in [1.54, 1.807) is 18.1 Å². The Morgan fingerprint density at radius 1 is 0.931 bits per heavy atom. The number of aryl methyl sites for hydroxylation is 2. The van der Waals surface area contributed by atoms with Gasteiger partial charge in [0.2, 0.25) is 0 Å². The van der Waals surface area contributed by atoms with Gasteiger partial charge in [0.15, 0.2) is 11.4 Å². The quantitative estimate of drug-likeness (QED) is 0.610. The summed E-state index contributed by atoms with van der Waals surface area (Å²) in [5.41, 5.74) is 8.83. The first-order valence-electron chi connectivity index (χ1n) is 9.67. The molecule has 2 aromatic carbocycles. The van der Waals surface area contributed by atoms with Gasteiger partial charge in [0, 0.05) is 0 Å². The predicted octanol–water partition coefficient (Wildman–Crippen LogP) is 4.30. The summed E-state index contributed by atoms with van der Waals surface area (Å²) in [6.45, 7) is 1.55. The Balaban J connectivity index is 0.000000161. The third-order valence-corrected chi connectivity index (χ3v) is 5.40. The first-order valence-corrected chi connectivity index (χ1v) is 9.67. The maximum Gasteiger partial charge on any atom is 0.358 e. The van der Waals surface area contributed by atoms with E-state index in [1.807, 2.05) is 0 Å². The highest BCUT2D eigenvalue weighted by Crippen LogP contribution is 2.37. The zero-order valence-electron chi connectivity index (χ0n) is 16.2. The molecule has 0 atom stereocenters. The van der Waals surface area contributed by atoms with Gasteiger partial charge in [-0.25, -0.2) is 14.8 Å². The van der Waals surface area contributed by atoms with Gasteiger partial charge in [-0.15, -0.1) is 0 Å². The minimum atomic E-state index is -1.26. The summed E-state index contributed by atoms with van der Waals surface area (Å²) < 4.78 is 0. The van der Waals surface area contributed by atoms with Gasteiger partial charge in [0.1, 0.15) is 5.82 Å². The smallest absolute Gasteiger partial charge is 0.358 e. The number of fused-ring (bicyclic) bond motifs is 5. The summed E-state index contributed by atoms with van der Waals surface area (Å²) >= 11 is 0. The van der Waals surface area contributed by atoms with Crippen LogP contribution in [-0.2, 0) is 25.7 Å².